The second-order valence-corrected chi connectivity index (χ2v) is 8.50. The predicted molar refractivity (Wildman–Crippen MR) is 67.8 cm³/mol. The van der Waals surface area contributed by atoms with Gasteiger partial charge < -0.3 is 13.6 Å². The SMILES string of the molecule is CCO[Si](C)(CCCC1(C)COC1)OCC. The molecule has 0 saturated carbocycles. The lowest BCUT2D eigenvalue weighted by Crippen LogP contribution is -2.42. The second kappa shape index (κ2) is 6.14. The van der Waals surface area contributed by atoms with Crippen LogP contribution in [0.4, 0.5) is 0 Å². The summed E-state index contributed by atoms with van der Waals surface area (Å²) in [6.45, 7) is 12.0. The minimum absolute atomic E-state index is 0.424. The van der Waals surface area contributed by atoms with Crippen molar-refractivity contribution in [2.24, 2.45) is 5.41 Å². The number of ether oxygens (including phenoxy) is 1. The molecule has 3 nitrogen and oxygen atoms in total. The van der Waals surface area contributed by atoms with Gasteiger partial charge in [-0.25, -0.2) is 0 Å². The van der Waals surface area contributed by atoms with Crippen LogP contribution in [0.1, 0.15) is 33.6 Å². The summed E-state index contributed by atoms with van der Waals surface area (Å²) in [5.41, 5.74) is 0.424. The number of rotatable bonds is 8. The summed E-state index contributed by atoms with van der Waals surface area (Å²) in [6.07, 6.45) is 2.43. The molecular weight excluding hydrogens is 220 g/mol. The first-order valence-corrected chi connectivity index (χ1v) is 8.91. The van der Waals surface area contributed by atoms with E-state index < -0.39 is 8.56 Å². The van der Waals surface area contributed by atoms with Crippen molar-refractivity contribution in [1.82, 2.24) is 0 Å². The summed E-state index contributed by atoms with van der Waals surface area (Å²) in [7, 11) is -1.88. The average molecular weight is 246 g/mol. The standard InChI is InChI=1S/C12H26O3Si/c1-5-14-16(4,15-6-2)9-7-8-12(3)10-13-11-12/h5-11H2,1-4H3. The molecule has 0 N–H and O–H groups in total. The Kier molecular flexibility index (Phi) is 5.44. The number of hydrogen-bond acceptors (Lipinski definition) is 3. The van der Waals surface area contributed by atoms with Crippen molar-refractivity contribution in [2.45, 2.75) is 46.2 Å². The Morgan fingerprint density at radius 1 is 1.19 bits per heavy atom. The molecule has 1 aliphatic heterocycles. The van der Waals surface area contributed by atoms with Gasteiger partial charge >= 0.3 is 8.56 Å². The molecule has 1 heterocycles. The van der Waals surface area contributed by atoms with E-state index in [2.05, 4.69) is 13.5 Å². The fourth-order valence-electron chi connectivity index (χ4n) is 2.23. The van der Waals surface area contributed by atoms with Crippen molar-refractivity contribution in [3.8, 4) is 0 Å². The van der Waals surface area contributed by atoms with Gasteiger partial charge in [0.15, 0.2) is 0 Å². The first-order chi connectivity index (χ1) is 7.54. The van der Waals surface area contributed by atoms with Crippen LogP contribution in [0.2, 0.25) is 12.6 Å². The lowest BCUT2D eigenvalue weighted by atomic mass is 9.84. The maximum Gasteiger partial charge on any atom is 0.334 e. The Morgan fingerprint density at radius 3 is 2.12 bits per heavy atom. The zero-order valence-electron chi connectivity index (χ0n) is 11.2. The van der Waals surface area contributed by atoms with E-state index in [1.165, 1.54) is 12.8 Å². The van der Waals surface area contributed by atoms with Gasteiger partial charge in [0.2, 0.25) is 0 Å². The molecule has 96 valence electrons. The topological polar surface area (TPSA) is 27.7 Å². The molecule has 0 radical (unpaired) electrons. The van der Waals surface area contributed by atoms with E-state index in [1.807, 2.05) is 13.8 Å². The van der Waals surface area contributed by atoms with E-state index in [1.54, 1.807) is 0 Å². The van der Waals surface area contributed by atoms with Gasteiger partial charge in [0.25, 0.3) is 0 Å². The monoisotopic (exact) mass is 246 g/mol. The maximum absolute atomic E-state index is 5.82. The van der Waals surface area contributed by atoms with Crippen LogP contribution < -0.4 is 0 Å². The van der Waals surface area contributed by atoms with Crippen LogP contribution in [0, 0.1) is 5.41 Å². The fourth-order valence-corrected chi connectivity index (χ4v) is 4.64. The summed E-state index contributed by atoms with van der Waals surface area (Å²) in [4.78, 5) is 0. The highest BCUT2D eigenvalue weighted by Gasteiger charge is 2.35. The third-order valence-electron chi connectivity index (χ3n) is 3.21. The van der Waals surface area contributed by atoms with E-state index >= 15 is 0 Å². The molecule has 0 amide bonds. The summed E-state index contributed by atoms with van der Waals surface area (Å²) in [5, 5.41) is 0. The van der Waals surface area contributed by atoms with E-state index in [0.29, 0.717) is 5.41 Å². The summed E-state index contributed by atoms with van der Waals surface area (Å²) >= 11 is 0. The smallest absolute Gasteiger partial charge is 0.334 e. The largest absolute Gasteiger partial charge is 0.395 e. The molecule has 0 aliphatic carbocycles. The molecule has 0 atom stereocenters. The molecule has 4 heteroatoms. The molecule has 0 aromatic heterocycles. The number of hydrogen-bond donors (Lipinski definition) is 0. The Labute approximate surface area is 101 Å². The first-order valence-electron chi connectivity index (χ1n) is 6.39. The third kappa shape index (κ3) is 4.16. The van der Waals surface area contributed by atoms with Gasteiger partial charge in [0.05, 0.1) is 13.2 Å². The first kappa shape index (κ1) is 14.2. The molecule has 0 bridgehead atoms. The second-order valence-electron chi connectivity index (χ2n) is 5.16. The third-order valence-corrected chi connectivity index (χ3v) is 6.27. The summed E-state index contributed by atoms with van der Waals surface area (Å²) < 4.78 is 16.9. The minimum atomic E-state index is -1.88. The van der Waals surface area contributed by atoms with Crippen molar-refractivity contribution in [1.29, 1.82) is 0 Å². The predicted octanol–water partition coefficient (Wildman–Crippen LogP) is 2.95. The van der Waals surface area contributed by atoms with Crippen LogP contribution in [0.5, 0.6) is 0 Å². The van der Waals surface area contributed by atoms with Gasteiger partial charge in [0.1, 0.15) is 0 Å². The van der Waals surface area contributed by atoms with E-state index in [4.69, 9.17) is 13.6 Å². The normalized spacial score (nSPS) is 19.5. The van der Waals surface area contributed by atoms with Crippen molar-refractivity contribution in [3.05, 3.63) is 0 Å². The summed E-state index contributed by atoms with van der Waals surface area (Å²) in [5.74, 6) is 0. The Morgan fingerprint density at radius 2 is 1.75 bits per heavy atom. The molecule has 1 rings (SSSR count). The van der Waals surface area contributed by atoms with E-state index in [-0.39, 0.29) is 0 Å². The molecular formula is C12H26O3Si. The molecule has 1 fully saturated rings. The highest BCUT2D eigenvalue weighted by molar-refractivity contribution is 6.66. The molecule has 0 spiro atoms. The van der Waals surface area contributed by atoms with Crippen LogP contribution in [0.25, 0.3) is 0 Å². The van der Waals surface area contributed by atoms with E-state index in [0.717, 1.165) is 32.5 Å². The van der Waals surface area contributed by atoms with Gasteiger partial charge in [-0.05, 0) is 32.9 Å². The quantitative estimate of drug-likeness (QED) is 0.616. The average Bonchev–Trinajstić information content (AvgIpc) is 2.16. The van der Waals surface area contributed by atoms with Crippen molar-refractivity contribution in [3.63, 3.8) is 0 Å². The Hall–Kier alpha value is 0.0969. The summed E-state index contributed by atoms with van der Waals surface area (Å²) in [6, 6.07) is 1.10. The van der Waals surface area contributed by atoms with Crippen molar-refractivity contribution < 1.29 is 13.6 Å². The zero-order chi connectivity index (χ0) is 12.1. The highest BCUT2D eigenvalue weighted by atomic mass is 28.4. The Bertz CT molecular complexity index is 198. The minimum Gasteiger partial charge on any atom is -0.395 e. The lowest BCUT2D eigenvalue weighted by molar-refractivity contribution is -0.106. The highest BCUT2D eigenvalue weighted by Crippen LogP contribution is 2.33. The van der Waals surface area contributed by atoms with Gasteiger partial charge in [0, 0.05) is 18.6 Å². The molecule has 0 unspecified atom stereocenters. The van der Waals surface area contributed by atoms with Crippen LogP contribution in [0.3, 0.4) is 0 Å². The van der Waals surface area contributed by atoms with Crippen molar-refractivity contribution >= 4 is 8.56 Å². The van der Waals surface area contributed by atoms with Gasteiger partial charge in [-0.1, -0.05) is 13.3 Å². The van der Waals surface area contributed by atoms with Crippen molar-refractivity contribution in [2.75, 3.05) is 26.4 Å². The Balaban J connectivity index is 2.26. The molecule has 1 saturated heterocycles. The lowest BCUT2D eigenvalue weighted by Gasteiger charge is -2.38. The van der Waals surface area contributed by atoms with Gasteiger partial charge in [-0.15, -0.1) is 0 Å². The van der Waals surface area contributed by atoms with Gasteiger partial charge in [-0.3, -0.25) is 0 Å². The van der Waals surface area contributed by atoms with Crippen LogP contribution in [-0.2, 0) is 13.6 Å². The zero-order valence-corrected chi connectivity index (χ0v) is 12.2. The fraction of sp³-hybridized carbons (Fsp3) is 1.00. The van der Waals surface area contributed by atoms with E-state index in [9.17, 15) is 0 Å². The molecule has 16 heavy (non-hydrogen) atoms. The van der Waals surface area contributed by atoms with Crippen LogP contribution in [-0.4, -0.2) is 35.0 Å². The molecule has 0 aromatic carbocycles. The molecule has 1 aliphatic rings. The van der Waals surface area contributed by atoms with Gasteiger partial charge in [-0.2, -0.15) is 0 Å². The molecule has 0 aromatic rings. The maximum atomic E-state index is 5.82. The van der Waals surface area contributed by atoms with Crippen LogP contribution in [0.15, 0.2) is 0 Å². The van der Waals surface area contributed by atoms with Crippen LogP contribution >= 0.6 is 0 Å².